The van der Waals surface area contributed by atoms with Gasteiger partial charge in [-0.15, -0.1) is 0 Å². The number of hydrogen-bond donors (Lipinski definition) is 0. The monoisotopic (exact) mass is 300 g/mol. The van der Waals surface area contributed by atoms with Crippen LogP contribution in [0.2, 0.25) is 0 Å². The van der Waals surface area contributed by atoms with Crippen LogP contribution in [-0.4, -0.2) is 25.3 Å². The molecule has 0 heterocycles. The van der Waals surface area contributed by atoms with Crippen molar-refractivity contribution in [3.05, 3.63) is 0 Å². The van der Waals surface area contributed by atoms with Crippen molar-refractivity contribution >= 4 is 5.97 Å². The quantitative estimate of drug-likeness (QED) is 0.392. The van der Waals surface area contributed by atoms with E-state index in [1.807, 2.05) is 0 Å². The number of rotatable bonds is 11. The predicted molar refractivity (Wildman–Crippen MR) is 88.4 cm³/mol. The third-order valence-corrected chi connectivity index (χ3v) is 3.53. The summed E-state index contributed by atoms with van der Waals surface area (Å²) in [5.41, 5.74) is 0.217. The van der Waals surface area contributed by atoms with Crippen LogP contribution >= 0.6 is 0 Å². The van der Waals surface area contributed by atoms with Gasteiger partial charge in [0.1, 0.15) is 0 Å². The van der Waals surface area contributed by atoms with Gasteiger partial charge in [0.15, 0.2) is 0 Å². The zero-order valence-corrected chi connectivity index (χ0v) is 15.1. The summed E-state index contributed by atoms with van der Waals surface area (Å²) >= 11 is 0. The highest BCUT2D eigenvalue weighted by atomic mass is 16.5. The zero-order valence-electron chi connectivity index (χ0n) is 15.1. The highest BCUT2D eigenvalue weighted by Crippen LogP contribution is 2.23. The first-order valence-corrected chi connectivity index (χ1v) is 8.37. The fraction of sp³-hybridized carbons (Fsp3) is 0.944. The molecule has 0 aromatic rings. The van der Waals surface area contributed by atoms with Crippen LogP contribution in [0.4, 0.5) is 0 Å². The first-order chi connectivity index (χ1) is 9.66. The second-order valence-electron chi connectivity index (χ2n) is 7.81. The van der Waals surface area contributed by atoms with Crippen molar-refractivity contribution in [3.8, 4) is 0 Å². The largest absolute Gasteiger partial charge is 0.469 e. The van der Waals surface area contributed by atoms with Gasteiger partial charge in [-0.3, -0.25) is 4.79 Å². The molecular formula is C18H36O3. The molecule has 0 radical (unpaired) electrons. The van der Waals surface area contributed by atoms with Gasteiger partial charge in [-0.1, -0.05) is 52.9 Å². The van der Waals surface area contributed by atoms with Crippen LogP contribution in [0, 0.1) is 5.41 Å². The van der Waals surface area contributed by atoms with Crippen LogP contribution < -0.4 is 0 Å². The molecule has 0 saturated heterocycles. The molecule has 0 rings (SSSR count). The molecule has 0 aliphatic rings. The Morgan fingerprint density at radius 3 is 1.90 bits per heavy atom. The minimum absolute atomic E-state index is 0.0157. The Morgan fingerprint density at radius 2 is 1.38 bits per heavy atom. The van der Waals surface area contributed by atoms with E-state index in [0.717, 1.165) is 25.9 Å². The maximum Gasteiger partial charge on any atom is 0.305 e. The van der Waals surface area contributed by atoms with E-state index in [1.54, 1.807) is 0 Å². The van der Waals surface area contributed by atoms with E-state index in [-0.39, 0.29) is 17.0 Å². The number of esters is 1. The summed E-state index contributed by atoms with van der Waals surface area (Å²) in [4.78, 5) is 11.0. The van der Waals surface area contributed by atoms with Crippen LogP contribution in [0.25, 0.3) is 0 Å². The van der Waals surface area contributed by atoms with E-state index in [2.05, 4.69) is 39.4 Å². The van der Waals surface area contributed by atoms with E-state index in [9.17, 15) is 4.79 Å². The molecule has 3 nitrogen and oxygen atoms in total. The normalized spacial score (nSPS) is 12.5. The van der Waals surface area contributed by atoms with E-state index in [0.29, 0.717) is 6.42 Å². The zero-order chi connectivity index (χ0) is 16.4. The Labute approximate surface area is 131 Å². The van der Waals surface area contributed by atoms with Crippen molar-refractivity contribution in [3.63, 3.8) is 0 Å². The Balaban J connectivity index is 3.51. The minimum atomic E-state index is -0.0900. The summed E-state index contributed by atoms with van der Waals surface area (Å²) in [6.45, 7) is 11.8. The number of carbonyl (C=O) groups excluding carboxylic acids is 1. The Hall–Kier alpha value is -0.570. The van der Waals surface area contributed by atoms with Crippen molar-refractivity contribution in [1.29, 1.82) is 0 Å². The maximum atomic E-state index is 11.0. The van der Waals surface area contributed by atoms with Crippen LogP contribution in [0.3, 0.4) is 0 Å². The Morgan fingerprint density at radius 1 is 0.857 bits per heavy atom. The number of ether oxygens (including phenoxy) is 2. The lowest BCUT2D eigenvalue weighted by Crippen LogP contribution is -2.29. The summed E-state index contributed by atoms with van der Waals surface area (Å²) in [6.07, 6.45) is 8.67. The van der Waals surface area contributed by atoms with Gasteiger partial charge in [-0.05, 0) is 32.1 Å². The first-order valence-electron chi connectivity index (χ1n) is 8.37. The summed E-state index contributed by atoms with van der Waals surface area (Å²) < 4.78 is 10.7. The SMILES string of the molecule is COC(=O)CCCCCCCCC(C)(C)OCC(C)(C)C. The van der Waals surface area contributed by atoms with Crippen molar-refractivity contribution in [2.24, 2.45) is 5.41 Å². The molecule has 0 aliphatic carbocycles. The molecule has 3 heteroatoms. The Bertz CT molecular complexity index is 277. The van der Waals surface area contributed by atoms with Gasteiger partial charge < -0.3 is 9.47 Å². The standard InChI is InChI=1S/C18H36O3/c1-17(2,3)15-21-18(4,5)14-12-10-8-7-9-11-13-16(19)20-6/h7-15H2,1-6H3. The molecule has 0 fully saturated rings. The molecule has 0 unspecified atom stereocenters. The highest BCUT2D eigenvalue weighted by molar-refractivity contribution is 5.68. The topological polar surface area (TPSA) is 35.5 Å². The molecule has 0 saturated carbocycles. The molecule has 0 aromatic heterocycles. The lowest BCUT2D eigenvalue weighted by molar-refractivity contribution is -0.140. The first kappa shape index (κ1) is 20.4. The predicted octanol–water partition coefficient (Wildman–Crippen LogP) is 5.12. The van der Waals surface area contributed by atoms with E-state index in [4.69, 9.17) is 4.74 Å². The molecule has 0 N–H and O–H groups in total. The fourth-order valence-corrected chi connectivity index (χ4v) is 2.11. The van der Waals surface area contributed by atoms with Gasteiger partial charge in [0.2, 0.25) is 0 Å². The summed E-state index contributed by atoms with van der Waals surface area (Å²) in [5.74, 6) is -0.0900. The molecule has 0 spiro atoms. The van der Waals surface area contributed by atoms with Crippen LogP contribution in [-0.2, 0) is 14.3 Å². The second-order valence-corrected chi connectivity index (χ2v) is 7.81. The number of methoxy groups -OCH3 is 1. The molecule has 0 aliphatic heterocycles. The van der Waals surface area contributed by atoms with Crippen LogP contribution in [0.5, 0.6) is 0 Å². The molecule has 0 atom stereocenters. The third-order valence-electron chi connectivity index (χ3n) is 3.53. The van der Waals surface area contributed by atoms with E-state index < -0.39 is 0 Å². The molecule has 0 bridgehead atoms. The van der Waals surface area contributed by atoms with Gasteiger partial charge in [-0.25, -0.2) is 0 Å². The molecule has 21 heavy (non-hydrogen) atoms. The van der Waals surface area contributed by atoms with Gasteiger partial charge in [0, 0.05) is 6.42 Å². The number of carbonyl (C=O) groups is 1. The maximum absolute atomic E-state index is 11.0. The van der Waals surface area contributed by atoms with Crippen molar-refractivity contribution in [2.45, 2.75) is 91.6 Å². The molecule has 0 amide bonds. The van der Waals surface area contributed by atoms with Crippen molar-refractivity contribution in [2.75, 3.05) is 13.7 Å². The average Bonchev–Trinajstić information content (AvgIpc) is 2.38. The highest BCUT2D eigenvalue weighted by Gasteiger charge is 2.21. The van der Waals surface area contributed by atoms with Gasteiger partial charge in [0.25, 0.3) is 0 Å². The number of unbranched alkanes of at least 4 members (excludes halogenated alkanes) is 5. The van der Waals surface area contributed by atoms with Crippen molar-refractivity contribution in [1.82, 2.24) is 0 Å². The van der Waals surface area contributed by atoms with Gasteiger partial charge in [-0.2, -0.15) is 0 Å². The van der Waals surface area contributed by atoms with Crippen molar-refractivity contribution < 1.29 is 14.3 Å². The lowest BCUT2D eigenvalue weighted by Gasteiger charge is -2.30. The smallest absolute Gasteiger partial charge is 0.305 e. The fourth-order valence-electron chi connectivity index (χ4n) is 2.11. The summed E-state index contributed by atoms with van der Waals surface area (Å²) in [7, 11) is 1.45. The second kappa shape index (κ2) is 10.2. The summed E-state index contributed by atoms with van der Waals surface area (Å²) in [6, 6.07) is 0. The van der Waals surface area contributed by atoms with E-state index >= 15 is 0 Å². The molecule has 126 valence electrons. The molecular weight excluding hydrogens is 264 g/mol. The molecule has 0 aromatic carbocycles. The Kier molecular flexibility index (Phi) is 9.93. The van der Waals surface area contributed by atoms with Gasteiger partial charge >= 0.3 is 5.97 Å². The average molecular weight is 300 g/mol. The van der Waals surface area contributed by atoms with Gasteiger partial charge in [0.05, 0.1) is 19.3 Å². The van der Waals surface area contributed by atoms with E-state index in [1.165, 1.54) is 32.8 Å². The summed E-state index contributed by atoms with van der Waals surface area (Å²) in [5, 5.41) is 0. The number of hydrogen-bond acceptors (Lipinski definition) is 3. The lowest BCUT2D eigenvalue weighted by atomic mass is 9.96. The van der Waals surface area contributed by atoms with Crippen LogP contribution in [0.1, 0.15) is 86.0 Å². The minimum Gasteiger partial charge on any atom is -0.469 e. The third kappa shape index (κ3) is 14.1. The van der Waals surface area contributed by atoms with Crippen LogP contribution in [0.15, 0.2) is 0 Å².